The molecule has 2 aromatic rings. The second kappa shape index (κ2) is 6.93. The molecule has 1 saturated heterocycles. The molecule has 1 amide bonds. The summed E-state index contributed by atoms with van der Waals surface area (Å²) in [6.07, 6.45) is 1.78. The number of hydrogen-bond donors (Lipinski definition) is 1. The minimum absolute atomic E-state index is 0.0850. The summed E-state index contributed by atoms with van der Waals surface area (Å²) in [6.45, 7) is 1.19. The zero-order valence-electron chi connectivity index (χ0n) is 12.8. The van der Waals surface area contributed by atoms with Gasteiger partial charge in [0.15, 0.2) is 10.8 Å². The molecule has 1 N–H and O–H groups in total. The van der Waals surface area contributed by atoms with E-state index in [1.54, 1.807) is 10.3 Å². The first-order valence-corrected chi connectivity index (χ1v) is 9.33. The number of likely N-dealkylation sites (tertiary alicyclic amines) is 1. The molecule has 1 atom stereocenters. The van der Waals surface area contributed by atoms with Gasteiger partial charge in [0.2, 0.25) is 0 Å². The third-order valence-electron chi connectivity index (χ3n) is 3.96. The second-order valence-electron chi connectivity index (χ2n) is 5.45. The normalized spacial score (nSPS) is 17.5. The Morgan fingerprint density at radius 1 is 1.62 bits per heavy atom. The minimum atomic E-state index is -0.231. The van der Waals surface area contributed by atoms with Gasteiger partial charge >= 0.3 is 4.87 Å². The van der Waals surface area contributed by atoms with Crippen LogP contribution in [0.15, 0.2) is 10.2 Å². The number of anilines is 1. The van der Waals surface area contributed by atoms with Gasteiger partial charge in [-0.3, -0.25) is 9.59 Å². The maximum absolute atomic E-state index is 12.5. The van der Waals surface area contributed by atoms with Gasteiger partial charge in [-0.25, -0.2) is 4.98 Å². The first-order chi connectivity index (χ1) is 11.5. The quantitative estimate of drug-likeness (QED) is 0.876. The monoisotopic (exact) mass is 383 g/mol. The van der Waals surface area contributed by atoms with E-state index >= 15 is 0 Å². The lowest BCUT2D eigenvalue weighted by molar-refractivity contribution is 0.0702. The Kier molecular flexibility index (Phi) is 4.89. The number of nitriles is 1. The van der Waals surface area contributed by atoms with Crippen LogP contribution in [0.4, 0.5) is 5.13 Å². The van der Waals surface area contributed by atoms with E-state index in [-0.39, 0.29) is 22.5 Å². The first-order valence-electron chi connectivity index (χ1n) is 7.26. The summed E-state index contributed by atoms with van der Waals surface area (Å²) in [7, 11) is 1.89. The summed E-state index contributed by atoms with van der Waals surface area (Å²) in [4.78, 5) is 34.0. The van der Waals surface area contributed by atoms with Gasteiger partial charge in [0, 0.05) is 31.6 Å². The van der Waals surface area contributed by atoms with Crippen LogP contribution in [0.3, 0.4) is 0 Å². The number of rotatable bonds is 3. The van der Waals surface area contributed by atoms with E-state index in [1.807, 2.05) is 18.0 Å². The van der Waals surface area contributed by atoms with Crippen LogP contribution < -0.4 is 9.77 Å². The van der Waals surface area contributed by atoms with Crippen LogP contribution in [0.25, 0.3) is 0 Å². The summed E-state index contributed by atoms with van der Waals surface area (Å²) < 4.78 is 0.374. The van der Waals surface area contributed by atoms with Crippen molar-refractivity contribution in [3.63, 3.8) is 0 Å². The molecule has 10 heteroatoms. The number of piperidine rings is 1. The van der Waals surface area contributed by atoms with Crippen molar-refractivity contribution in [2.75, 3.05) is 25.0 Å². The average Bonchev–Trinajstić information content (AvgIpc) is 3.19. The molecule has 1 unspecified atom stereocenters. The molecule has 7 nitrogen and oxygen atoms in total. The van der Waals surface area contributed by atoms with E-state index in [2.05, 4.69) is 9.97 Å². The fraction of sp³-hybridized carbons (Fsp3) is 0.429. The number of thiazole rings is 2. The summed E-state index contributed by atoms with van der Waals surface area (Å²) in [5.74, 6) is -0.165. The summed E-state index contributed by atoms with van der Waals surface area (Å²) in [5.41, 5.74) is 0.556. The molecule has 0 aliphatic carbocycles. The number of nitrogens with one attached hydrogen (secondary N) is 1. The van der Waals surface area contributed by atoms with Gasteiger partial charge in [0.05, 0.1) is 0 Å². The highest BCUT2D eigenvalue weighted by atomic mass is 35.5. The number of carbonyl (C=O) groups excluding carboxylic acids is 1. The van der Waals surface area contributed by atoms with Gasteiger partial charge in [0.25, 0.3) is 5.91 Å². The van der Waals surface area contributed by atoms with Crippen LogP contribution >= 0.6 is 34.3 Å². The smallest absolute Gasteiger partial charge is 0.305 e. The average molecular weight is 384 g/mol. The molecular formula is C14H14ClN5O2S2. The Morgan fingerprint density at radius 2 is 2.42 bits per heavy atom. The molecule has 0 bridgehead atoms. The van der Waals surface area contributed by atoms with Gasteiger partial charge in [-0.2, -0.15) is 5.26 Å². The van der Waals surface area contributed by atoms with Crippen LogP contribution in [0.1, 0.15) is 29.0 Å². The van der Waals surface area contributed by atoms with E-state index in [4.69, 9.17) is 16.9 Å². The van der Waals surface area contributed by atoms with E-state index in [0.29, 0.717) is 28.3 Å². The van der Waals surface area contributed by atoms with Crippen LogP contribution in [0, 0.1) is 11.3 Å². The Morgan fingerprint density at radius 3 is 3.04 bits per heavy atom. The van der Waals surface area contributed by atoms with Crippen molar-refractivity contribution < 1.29 is 4.79 Å². The van der Waals surface area contributed by atoms with Gasteiger partial charge < -0.3 is 14.8 Å². The minimum Gasteiger partial charge on any atom is -0.346 e. The Bertz CT molecular complexity index is 852. The van der Waals surface area contributed by atoms with Crippen LogP contribution in [-0.4, -0.2) is 47.0 Å². The lowest BCUT2D eigenvalue weighted by Crippen LogP contribution is -2.48. The van der Waals surface area contributed by atoms with E-state index in [9.17, 15) is 9.59 Å². The van der Waals surface area contributed by atoms with Crippen molar-refractivity contribution >= 4 is 45.3 Å². The number of nitrogens with zero attached hydrogens (tertiary/aromatic N) is 4. The number of hydrogen-bond acceptors (Lipinski definition) is 7. The summed E-state index contributed by atoms with van der Waals surface area (Å²) in [5, 5.41) is 11.2. The van der Waals surface area contributed by atoms with Gasteiger partial charge in [-0.1, -0.05) is 34.3 Å². The molecule has 1 aliphatic rings. The highest BCUT2D eigenvalue weighted by molar-refractivity contribution is 7.19. The molecule has 0 radical (unpaired) electrons. The SMILES string of the molecule is CN(c1nc(C#N)c(Cl)s1)C1CCCN(C(=O)c2csc(=O)[nH]2)C1. The van der Waals surface area contributed by atoms with Gasteiger partial charge in [-0.15, -0.1) is 0 Å². The predicted molar refractivity (Wildman–Crippen MR) is 94.1 cm³/mol. The number of aromatic amines is 1. The molecular weight excluding hydrogens is 370 g/mol. The number of halogens is 1. The topological polar surface area (TPSA) is 93.1 Å². The highest BCUT2D eigenvalue weighted by Gasteiger charge is 2.29. The highest BCUT2D eigenvalue weighted by Crippen LogP contribution is 2.32. The van der Waals surface area contributed by atoms with Crippen molar-refractivity contribution in [2.24, 2.45) is 0 Å². The Hall–Kier alpha value is -1.89. The number of H-pyrrole nitrogens is 1. The van der Waals surface area contributed by atoms with Crippen LogP contribution in [0.2, 0.25) is 4.34 Å². The molecule has 0 saturated carbocycles. The molecule has 2 aromatic heterocycles. The molecule has 3 heterocycles. The first kappa shape index (κ1) is 17.0. The van der Waals surface area contributed by atoms with Crippen molar-refractivity contribution in [1.82, 2.24) is 14.9 Å². The number of amides is 1. The number of likely N-dealkylation sites (N-methyl/N-ethyl adjacent to an activating group) is 1. The van der Waals surface area contributed by atoms with Crippen molar-refractivity contribution in [3.05, 3.63) is 30.8 Å². The molecule has 24 heavy (non-hydrogen) atoms. The lowest BCUT2D eigenvalue weighted by atomic mass is 10.0. The molecule has 126 valence electrons. The fourth-order valence-corrected chi connectivity index (χ4v) is 4.30. The summed E-state index contributed by atoms with van der Waals surface area (Å²) >= 11 is 8.24. The number of aromatic nitrogens is 2. The third kappa shape index (κ3) is 3.31. The van der Waals surface area contributed by atoms with Crippen molar-refractivity contribution in [2.45, 2.75) is 18.9 Å². The van der Waals surface area contributed by atoms with Gasteiger partial charge in [-0.05, 0) is 12.8 Å². The Balaban J connectivity index is 1.74. The molecule has 0 spiro atoms. The second-order valence-corrected chi connectivity index (χ2v) is 7.87. The predicted octanol–water partition coefficient (Wildman–Crippen LogP) is 2.16. The van der Waals surface area contributed by atoms with E-state index in [1.165, 1.54) is 11.3 Å². The van der Waals surface area contributed by atoms with Gasteiger partial charge in [0.1, 0.15) is 16.1 Å². The standard InChI is InChI=1S/C14H14ClN5O2S2/c1-19(13-17-9(5-16)11(15)24-13)8-3-2-4-20(6-8)12(21)10-7-23-14(22)18-10/h7-8H,2-4,6H2,1H3,(H,18,22). The molecule has 1 aliphatic heterocycles. The molecule has 1 fully saturated rings. The molecule has 3 rings (SSSR count). The number of carbonyl (C=O) groups is 1. The zero-order chi connectivity index (χ0) is 17.3. The van der Waals surface area contributed by atoms with Crippen LogP contribution in [0.5, 0.6) is 0 Å². The largest absolute Gasteiger partial charge is 0.346 e. The maximum atomic E-state index is 12.5. The zero-order valence-corrected chi connectivity index (χ0v) is 15.2. The maximum Gasteiger partial charge on any atom is 0.305 e. The van der Waals surface area contributed by atoms with E-state index in [0.717, 1.165) is 24.2 Å². The lowest BCUT2D eigenvalue weighted by Gasteiger charge is -2.37. The van der Waals surface area contributed by atoms with Crippen molar-refractivity contribution in [3.8, 4) is 6.07 Å². The van der Waals surface area contributed by atoms with Crippen LogP contribution in [-0.2, 0) is 0 Å². The third-order valence-corrected chi connectivity index (χ3v) is 5.98. The fourth-order valence-electron chi connectivity index (χ4n) is 2.68. The molecule has 0 aromatic carbocycles. The Labute approximate surface area is 151 Å². The van der Waals surface area contributed by atoms with Crippen molar-refractivity contribution in [1.29, 1.82) is 5.26 Å². The summed E-state index contributed by atoms with van der Waals surface area (Å²) in [6, 6.07) is 2.05. The van der Waals surface area contributed by atoms with E-state index < -0.39 is 0 Å².